The summed E-state index contributed by atoms with van der Waals surface area (Å²) in [5.74, 6) is -1.98. The molecule has 3 N–H and O–H groups in total. The molecule has 7 nitrogen and oxygen atoms in total. The summed E-state index contributed by atoms with van der Waals surface area (Å²) in [6.45, 7) is -0.0373. The van der Waals surface area contributed by atoms with Crippen LogP contribution in [0.15, 0.2) is 48.5 Å². The van der Waals surface area contributed by atoms with E-state index in [4.69, 9.17) is 9.84 Å². The second-order valence-corrected chi connectivity index (χ2v) is 8.72. The SMILES string of the molecule is O=C(O)CC(NC(=O)CC(NC(=O)OCC1c2ccccc2-c2ccccc21)C(F)F)C1CC1. The molecule has 0 aliphatic heterocycles. The molecule has 2 aromatic rings. The number of aliphatic carboxylic acids is 1. The molecule has 2 aliphatic carbocycles. The summed E-state index contributed by atoms with van der Waals surface area (Å²) in [6, 6.07) is 13.1. The van der Waals surface area contributed by atoms with Gasteiger partial charge in [-0.05, 0) is 41.0 Å². The van der Waals surface area contributed by atoms with Crippen molar-refractivity contribution in [2.45, 2.75) is 50.1 Å². The largest absolute Gasteiger partial charge is 0.481 e. The highest BCUT2D eigenvalue weighted by Crippen LogP contribution is 2.44. The predicted molar refractivity (Wildman–Crippen MR) is 120 cm³/mol. The molecule has 2 amide bonds. The van der Waals surface area contributed by atoms with Crippen molar-refractivity contribution < 1.29 is 33.0 Å². The summed E-state index contributed by atoms with van der Waals surface area (Å²) in [7, 11) is 0. The monoisotopic (exact) mass is 472 g/mol. The number of amides is 2. The van der Waals surface area contributed by atoms with Gasteiger partial charge in [-0.15, -0.1) is 0 Å². The molecule has 0 heterocycles. The number of hydrogen-bond donors (Lipinski definition) is 3. The quantitative estimate of drug-likeness (QED) is 0.486. The Morgan fingerprint density at radius 3 is 2.06 bits per heavy atom. The summed E-state index contributed by atoms with van der Waals surface area (Å²) in [6.07, 6.45) is -3.40. The lowest BCUT2D eigenvalue weighted by Crippen LogP contribution is -2.46. The van der Waals surface area contributed by atoms with E-state index < -0.39 is 42.9 Å². The van der Waals surface area contributed by atoms with Crippen LogP contribution in [0.25, 0.3) is 11.1 Å². The molecule has 0 radical (unpaired) electrons. The van der Waals surface area contributed by atoms with Gasteiger partial charge in [0, 0.05) is 12.0 Å². The van der Waals surface area contributed by atoms with Gasteiger partial charge in [0.15, 0.2) is 0 Å². The molecule has 0 aromatic heterocycles. The molecular weight excluding hydrogens is 446 g/mol. The first-order valence-corrected chi connectivity index (χ1v) is 11.2. The molecule has 2 aliphatic rings. The van der Waals surface area contributed by atoms with Crippen LogP contribution >= 0.6 is 0 Å². The highest BCUT2D eigenvalue weighted by atomic mass is 19.3. The van der Waals surface area contributed by atoms with Crippen LogP contribution in [0.5, 0.6) is 0 Å². The maximum Gasteiger partial charge on any atom is 0.407 e. The van der Waals surface area contributed by atoms with Crippen molar-refractivity contribution in [3.63, 3.8) is 0 Å². The van der Waals surface area contributed by atoms with Crippen molar-refractivity contribution in [3.05, 3.63) is 59.7 Å². The number of benzene rings is 2. The van der Waals surface area contributed by atoms with Gasteiger partial charge in [-0.2, -0.15) is 0 Å². The highest BCUT2D eigenvalue weighted by molar-refractivity contribution is 5.80. The second-order valence-electron chi connectivity index (χ2n) is 8.72. The number of carbonyl (C=O) groups excluding carboxylic acids is 2. The fraction of sp³-hybridized carbons (Fsp3) is 0.400. The number of halogens is 2. The molecule has 180 valence electrons. The molecule has 0 saturated heterocycles. The Kier molecular flexibility index (Phi) is 7.09. The standard InChI is InChI=1S/C25H26F2N2O5/c26-24(27)21(11-22(30)28-20(12-23(31)32)14-9-10-14)29-25(33)34-13-19-17-7-3-1-5-15(17)16-6-2-4-8-18(16)19/h1-8,14,19-21,24H,9-13H2,(H,28,30)(H,29,33)(H,31,32). The highest BCUT2D eigenvalue weighted by Gasteiger charge is 2.35. The topological polar surface area (TPSA) is 105 Å². The second kappa shape index (κ2) is 10.2. The van der Waals surface area contributed by atoms with Crippen LogP contribution in [0.3, 0.4) is 0 Å². The van der Waals surface area contributed by atoms with Crippen LogP contribution in [0.2, 0.25) is 0 Å². The number of carbonyl (C=O) groups is 3. The number of rotatable bonds is 10. The van der Waals surface area contributed by atoms with Gasteiger partial charge in [-0.25, -0.2) is 13.6 Å². The van der Waals surface area contributed by atoms with E-state index in [0.29, 0.717) is 0 Å². The van der Waals surface area contributed by atoms with Gasteiger partial charge in [0.25, 0.3) is 6.43 Å². The number of carboxylic acids is 1. The van der Waals surface area contributed by atoms with Crippen LogP contribution in [-0.4, -0.2) is 48.2 Å². The number of alkyl carbamates (subject to hydrolysis) is 1. The number of alkyl halides is 2. The summed E-state index contributed by atoms with van der Waals surface area (Å²) in [4.78, 5) is 35.6. The Morgan fingerprint density at radius 1 is 0.941 bits per heavy atom. The van der Waals surface area contributed by atoms with Crippen molar-refractivity contribution in [1.82, 2.24) is 10.6 Å². The summed E-state index contributed by atoms with van der Waals surface area (Å²) in [5.41, 5.74) is 4.07. The molecule has 2 aromatic carbocycles. The van der Waals surface area contributed by atoms with E-state index in [9.17, 15) is 23.2 Å². The molecule has 2 unspecified atom stereocenters. The molecule has 34 heavy (non-hydrogen) atoms. The Bertz CT molecular complexity index is 1030. The van der Waals surface area contributed by atoms with Crippen molar-refractivity contribution in [1.29, 1.82) is 0 Å². The molecule has 4 rings (SSSR count). The zero-order valence-electron chi connectivity index (χ0n) is 18.4. The molecule has 1 fully saturated rings. The van der Waals surface area contributed by atoms with Gasteiger partial charge >= 0.3 is 12.1 Å². The third kappa shape index (κ3) is 5.52. The lowest BCUT2D eigenvalue weighted by molar-refractivity contribution is -0.138. The third-order valence-electron chi connectivity index (χ3n) is 6.29. The summed E-state index contributed by atoms with van der Waals surface area (Å²) in [5, 5.41) is 13.6. The van der Waals surface area contributed by atoms with E-state index in [1.807, 2.05) is 48.5 Å². The van der Waals surface area contributed by atoms with Crippen molar-refractivity contribution in [2.24, 2.45) is 5.92 Å². The lowest BCUT2D eigenvalue weighted by Gasteiger charge is -2.21. The molecule has 1 saturated carbocycles. The van der Waals surface area contributed by atoms with Crippen LogP contribution in [0, 0.1) is 5.92 Å². The average Bonchev–Trinajstić information content (AvgIpc) is 3.59. The van der Waals surface area contributed by atoms with E-state index in [2.05, 4.69) is 10.6 Å². The van der Waals surface area contributed by atoms with Crippen LogP contribution in [0.4, 0.5) is 13.6 Å². The van der Waals surface area contributed by atoms with Crippen molar-refractivity contribution in [2.75, 3.05) is 6.61 Å². The fourth-order valence-electron chi connectivity index (χ4n) is 4.48. The minimum absolute atomic E-state index is 0.0373. The van der Waals surface area contributed by atoms with Gasteiger partial charge in [-0.1, -0.05) is 48.5 Å². The number of carboxylic acid groups (broad SMARTS) is 1. The molecule has 9 heteroatoms. The summed E-state index contributed by atoms with van der Waals surface area (Å²) >= 11 is 0. The maximum absolute atomic E-state index is 13.5. The lowest BCUT2D eigenvalue weighted by atomic mass is 9.98. The first kappa shape index (κ1) is 23.7. The van der Waals surface area contributed by atoms with Gasteiger partial charge in [-0.3, -0.25) is 9.59 Å². The number of nitrogens with one attached hydrogen (secondary N) is 2. The zero-order chi connectivity index (χ0) is 24.2. The molecule has 2 atom stereocenters. The fourth-order valence-corrected chi connectivity index (χ4v) is 4.48. The van der Waals surface area contributed by atoms with Crippen LogP contribution < -0.4 is 10.6 Å². The van der Waals surface area contributed by atoms with Gasteiger partial charge in [0.2, 0.25) is 5.91 Å². The minimum Gasteiger partial charge on any atom is -0.481 e. The number of fused-ring (bicyclic) bond motifs is 3. The molecule has 0 spiro atoms. The van der Waals surface area contributed by atoms with E-state index in [1.165, 1.54) is 0 Å². The van der Waals surface area contributed by atoms with Crippen molar-refractivity contribution in [3.8, 4) is 11.1 Å². The van der Waals surface area contributed by atoms with E-state index in [0.717, 1.165) is 35.1 Å². The van der Waals surface area contributed by atoms with Gasteiger partial charge in [0.05, 0.1) is 12.8 Å². The minimum atomic E-state index is -3.00. The average molecular weight is 472 g/mol. The Labute approximate surface area is 195 Å². The normalized spacial score (nSPS) is 16.3. The Hall–Kier alpha value is -3.49. The smallest absolute Gasteiger partial charge is 0.407 e. The Balaban J connectivity index is 1.34. The zero-order valence-corrected chi connectivity index (χ0v) is 18.4. The molecular formula is C25H26F2N2O5. The van der Waals surface area contributed by atoms with E-state index in [1.54, 1.807) is 0 Å². The number of hydrogen-bond acceptors (Lipinski definition) is 4. The Morgan fingerprint density at radius 2 is 1.53 bits per heavy atom. The van der Waals surface area contributed by atoms with E-state index >= 15 is 0 Å². The number of ether oxygens (including phenoxy) is 1. The van der Waals surface area contributed by atoms with E-state index in [-0.39, 0.29) is 24.9 Å². The first-order valence-electron chi connectivity index (χ1n) is 11.2. The first-order chi connectivity index (χ1) is 16.3. The van der Waals surface area contributed by atoms with Crippen LogP contribution in [-0.2, 0) is 14.3 Å². The van der Waals surface area contributed by atoms with Gasteiger partial charge in [0.1, 0.15) is 12.6 Å². The molecule has 0 bridgehead atoms. The predicted octanol–water partition coefficient (Wildman–Crippen LogP) is 3.92. The maximum atomic E-state index is 13.5. The van der Waals surface area contributed by atoms with Crippen molar-refractivity contribution >= 4 is 18.0 Å². The third-order valence-corrected chi connectivity index (χ3v) is 6.29. The summed E-state index contributed by atoms with van der Waals surface area (Å²) < 4.78 is 32.3. The van der Waals surface area contributed by atoms with Gasteiger partial charge < -0.3 is 20.5 Å². The van der Waals surface area contributed by atoms with Crippen LogP contribution in [0.1, 0.15) is 42.7 Å².